The van der Waals surface area contributed by atoms with Crippen molar-refractivity contribution in [3.05, 3.63) is 52.5 Å². The number of rotatable bonds is 8. The normalized spacial score (nSPS) is 15.5. The van der Waals surface area contributed by atoms with Gasteiger partial charge in [0, 0.05) is 31.4 Å². The lowest BCUT2D eigenvalue weighted by Gasteiger charge is -2.24. The minimum atomic E-state index is -0.969. The van der Waals surface area contributed by atoms with Crippen molar-refractivity contribution in [1.29, 1.82) is 0 Å². The lowest BCUT2D eigenvalue weighted by molar-refractivity contribution is 0.0677. The summed E-state index contributed by atoms with van der Waals surface area (Å²) in [6.45, 7) is 10.1. The van der Waals surface area contributed by atoms with Crippen LogP contribution in [0.15, 0.2) is 46.3 Å². The van der Waals surface area contributed by atoms with Gasteiger partial charge in [-0.3, -0.25) is 4.98 Å². The van der Waals surface area contributed by atoms with Crippen molar-refractivity contribution in [2.75, 3.05) is 19.6 Å². The molecule has 2 heterocycles. The van der Waals surface area contributed by atoms with Gasteiger partial charge in [0.25, 0.3) is 0 Å². The molecule has 5 nitrogen and oxygen atoms in total. The number of aromatic nitrogens is 1. The third-order valence-electron chi connectivity index (χ3n) is 4.44. The first kappa shape index (κ1) is 20.4. The van der Waals surface area contributed by atoms with Crippen LogP contribution in [-0.2, 0) is 5.60 Å². The Balaban J connectivity index is 2.04. The molecule has 2 atom stereocenters. The van der Waals surface area contributed by atoms with Gasteiger partial charge in [-0.15, -0.1) is 0 Å². The van der Waals surface area contributed by atoms with Crippen molar-refractivity contribution < 1.29 is 5.11 Å². The number of nitrogens with zero attached hydrogens (tertiary/aromatic N) is 2. The van der Waals surface area contributed by atoms with Crippen molar-refractivity contribution in [3.8, 4) is 0 Å². The maximum atomic E-state index is 10.7. The van der Waals surface area contributed by atoms with E-state index in [1.165, 1.54) is 5.56 Å². The molecule has 0 saturated heterocycles. The smallest absolute Gasteiger partial charge is 0.191 e. The number of hydrogen-bond acceptors (Lipinski definition) is 4. The molecule has 0 bridgehead atoms. The molecular weight excluding hydrogens is 344 g/mol. The Hall–Kier alpha value is -1.92. The van der Waals surface area contributed by atoms with Gasteiger partial charge in [-0.1, -0.05) is 19.9 Å². The van der Waals surface area contributed by atoms with Gasteiger partial charge in [0.15, 0.2) is 5.96 Å². The van der Waals surface area contributed by atoms with E-state index in [9.17, 15) is 5.11 Å². The molecule has 2 aromatic rings. The molecule has 0 aliphatic heterocycles. The van der Waals surface area contributed by atoms with E-state index in [2.05, 4.69) is 40.5 Å². The minimum Gasteiger partial charge on any atom is -0.383 e. The number of aliphatic hydroxyl groups is 1. The fourth-order valence-electron chi connectivity index (χ4n) is 2.78. The summed E-state index contributed by atoms with van der Waals surface area (Å²) in [5.41, 5.74) is 1.15. The topological polar surface area (TPSA) is 69.5 Å². The quantitative estimate of drug-likeness (QED) is 0.490. The first-order chi connectivity index (χ1) is 12.4. The van der Waals surface area contributed by atoms with Crippen molar-refractivity contribution >= 4 is 17.3 Å². The van der Waals surface area contributed by atoms with E-state index in [0.717, 1.165) is 24.6 Å². The van der Waals surface area contributed by atoms with Crippen LogP contribution in [0.2, 0.25) is 0 Å². The zero-order valence-electron chi connectivity index (χ0n) is 16.1. The Bertz CT molecular complexity index is 668. The average Bonchev–Trinajstić information content (AvgIpc) is 3.16. The van der Waals surface area contributed by atoms with Crippen LogP contribution in [0.3, 0.4) is 0 Å². The Morgan fingerprint density at radius 2 is 2.15 bits per heavy atom. The predicted octanol–water partition coefficient (Wildman–Crippen LogP) is 3.35. The zero-order valence-corrected chi connectivity index (χ0v) is 16.9. The Kier molecular flexibility index (Phi) is 7.60. The van der Waals surface area contributed by atoms with E-state index in [1.54, 1.807) is 24.5 Å². The third kappa shape index (κ3) is 5.81. The van der Waals surface area contributed by atoms with Gasteiger partial charge in [0.1, 0.15) is 5.60 Å². The van der Waals surface area contributed by atoms with Crippen LogP contribution < -0.4 is 10.6 Å². The van der Waals surface area contributed by atoms with Gasteiger partial charge in [-0.05, 0) is 53.8 Å². The number of hydrogen-bond donors (Lipinski definition) is 3. The maximum absolute atomic E-state index is 10.7. The SMILES string of the molecule is CCNC(=NCC(C)(O)c1ccsc1)NCC(c1cccnc1)C(C)C. The van der Waals surface area contributed by atoms with Crippen LogP contribution in [0.25, 0.3) is 0 Å². The van der Waals surface area contributed by atoms with E-state index in [1.807, 2.05) is 36.0 Å². The molecule has 2 aromatic heterocycles. The minimum absolute atomic E-state index is 0.304. The summed E-state index contributed by atoms with van der Waals surface area (Å²) in [5, 5.41) is 21.3. The first-order valence-electron chi connectivity index (χ1n) is 9.11. The second kappa shape index (κ2) is 9.69. The van der Waals surface area contributed by atoms with Crippen molar-refractivity contribution in [1.82, 2.24) is 15.6 Å². The molecular formula is C20H30N4OS. The van der Waals surface area contributed by atoms with Crippen LogP contribution in [-0.4, -0.2) is 35.7 Å². The summed E-state index contributed by atoms with van der Waals surface area (Å²) >= 11 is 1.58. The molecule has 0 aliphatic rings. The highest BCUT2D eigenvalue weighted by atomic mass is 32.1. The molecule has 2 unspecified atom stereocenters. The zero-order chi connectivity index (χ0) is 19.0. The van der Waals surface area contributed by atoms with Gasteiger partial charge < -0.3 is 15.7 Å². The van der Waals surface area contributed by atoms with Crippen molar-refractivity contribution in [3.63, 3.8) is 0 Å². The number of guanidine groups is 1. The van der Waals surface area contributed by atoms with Crippen LogP contribution >= 0.6 is 11.3 Å². The van der Waals surface area contributed by atoms with Gasteiger partial charge >= 0.3 is 0 Å². The highest BCUT2D eigenvalue weighted by Crippen LogP contribution is 2.24. The van der Waals surface area contributed by atoms with Gasteiger partial charge in [-0.2, -0.15) is 11.3 Å². The fraction of sp³-hybridized carbons (Fsp3) is 0.500. The maximum Gasteiger partial charge on any atom is 0.191 e. The van der Waals surface area contributed by atoms with Gasteiger partial charge in [0.2, 0.25) is 0 Å². The molecule has 0 amide bonds. The molecule has 0 radical (unpaired) electrons. The van der Waals surface area contributed by atoms with Crippen LogP contribution in [0.1, 0.15) is 44.7 Å². The number of aliphatic imine (C=N–C) groups is 1. The molecule has 3 N–H and O–H groups in total. The highest BCUT2D eigenvalue weighted by Gasteiger charge is 2.23. The van der Waals surface area contributed by atoms with E-state index >= 15 is 0 Å². The Morgan fingerprint density at radius 1 is 1.35 bits per heavy atom. The van der Waals surface area contributed by atoms with Crippen molar-refractivity contribution in [2.45, 2.75) is 39.2 Å². The summed E-state index contributed by atoms with van der Waals surface area (Å²) < 4.78 is 0. The van der Waals surface area contributed by atoms with Crippen LogP contribution in [0.5, 0.6) is 0 Å². The lowest BCUT2D eigenvalue weighted by atomic mass is 9.89. The largest absolute Gasteiger partial charge is 0.383 e. The van der Waals surface area contributed by atoms with Gasteiger partial charge in [0.05, 0.1) is 6.54 Å². The van der Waals surface area contributed by atoms with Crippen LogP contribution in [0.4, 0.5) is 0 Å². The number of nitrogens with one attached hydrogen (secondary N) is 2. The number of thiophene rings is 1. The molecule has 0 fully saturated rings. The molecule has 2 rings (SSSR count). The molecule has 0 aliphatic carbocycles. The number of pyridine rings is 1. The molecule has 0 spiro atoms. The summed E-state index contributed by atoms with van der Waals surface area (Å²) in [5.74, 6) is 1.53. The van der Waals surface area contributed by atoms with E-state index < -0.39 is 5.60 Å². The van der Waals surface area contributed by atoms with E-state index in [4.69, 9.17) is 0 Å². The molecule has 0 saturated carbocycles. The summed E-state index contributed by atoms with van der Waals surface area (Å²) in [6, 6.07) is 6.03. The average molecular weight is 375 g/mol. The van der Waals surface area contributed by atoms with E-state index in [-0.39, 0.29) is 0 Å². The summed E-state index contributed by atoms with van der Waals surface area (Å²) in [7, 11) is 0. The lowest BCUT2D eigenvalue weighted by Crippen LogP contribution is -2.41. The Labute approximate surface area is 160 Å². The summed E-state index contributed by atoms with van der Waals surface area (Å²) in [4.78, 5) is 8.84. The van der Waals surface area contributed by atoms with Gasteiger partial charge in [-0.25, -0.2) is 4.99 Å². The molecule has 0 aromatic carbocycles. The molecule has 6 heteroatoms. The third-order valence-corrected chi connectivity index (χ3v) is 5.12. The Morgan fingerprint density at radius 3 is 2.73 bits per heavy atom. The van der Waals surface area contributed by atoms with E-state index in [0.29, 0.717) is 18.4 Å². The van der Waals surface area contributed by atoms with Crippen molar-refractivity contribution in [2.24, 2.45) is 10.9 Å². The highest BCUT2D eigenvalue weighted by molar-refractivity contribution is 7.08. The summed E-state index contributed by atoms with van der Waals surface area (Å²) in [6.07, 6.45) is 3.73. The van der Waals surface area contributed by atoms with Crippen LogP contribution in [0, 0.1) is 5.92 Å². The fourth-order valence-corrected chi connectivity index (χ4v) is 3.56. The first-order valence-corrected chi connectivity index (χ1v) is 10.1. The monoisotopic (exact) mass is 374 g/mol. The standard InChI is InChI=1S/C20H30N4OS/c1-5-22-19(24-14-20(4,25)17-8-10-26-13-17)23-12-18(15(2)3)16-7-6-9-21-11-16/h6-11,13,15,18,25H,5,12,14H2,1-4H3,(H2,22,23,24). The molecule has 142 valence electrons. The second-order valence-corrected chi connectivity index (χ2v) is 7.78. The molecule has 26 heavy (non-hydrogen) atoms. The predicted molar refractivity (Wildman–Crippen MR) is 110 cm³/mol. The second-order valence-electron chi connectivity index (χ2n) is 7.00.